The first-order valence-corrected chi connectivity index (χ1v) is 8.44. The van der Waals surface area contributed by atoms with Crippen LogP contribution in [0.3, 0.4) is 0 Å². The lowest BCUT2D eigenvalue weighted by molar-refractivity contribution is 0.358. The summed E-state index contributed by atoms with van der Waals surface area (Å²) in [6.07, 6.45) is 2.36. The molecule has 0 saturated heterocycles. The van der Waals surface area contributed by atoms with E-state index >= 15 is 0 Å². The summed E-state index contributed by atoms with van der Waals surface area (Å²) in [4.78, 5) is 0. The van der Waals surface area contributed by atoms with Crippen molar-refractivity contribution in [3.63, 3.8) is 0 Å². The Bertz CT molecular complexity index is 348. The third-order valence-corrected chi connectivity index (χ3v) is 5.66. The van der Waals surface area contributed by atoms with Crippen LogP contribution >= 0.6 is 0 Å². The lowest BCUT2D eigenvalue weighted by atomic mass is 9.91. The average molecular weight is 261 g/mol. The number of nitrogens with one attached hydrogen (secondary N) is 1. The summed E-state index contributed by atoms with van der Waals surface area (Å²) in [6, 6.07) is 0.522. The van der Waals surface area contributed by atoms with Crippen LogP contribution in [-0.4, -0.2) is 32.0 Å². The van der Waals surface area contributed by atoms with E-state index in [4.69, 9.17) is 0 Å². The molecule has 1 rings (SSSR count). The summed E-state index contributed by atoms with van der Waals surface area (Å²) in [5.41, 5.74) is 0.389. The maximum absolute atomic E-state index is 11.6. The molecule has 0 spiro atoms. The quantitative estimate of drug-likeness (QED) is 0.825. The van der Waals surface area contributed by atoms with Crippen molar-refractivity contribution in [3.05, 3.63) is 0 Å². The normalized spacial score (nSPS) is 30.4. The van der Waals surface area contributed by atoms with Crippen molar-refractivity contribution < 1.29 is 8.42 Å². The van der Waals surface area contributed by atoms with Gasteiger partial charge in [-0.3, -0.25) is 0 Å². The fourth-order valence-corrected chi connectivity index (χ4v) is 4.12. The highest BCUT2D eigenvalue weighted by Gasteiger charge is 2.37. The van der Waals surface area contributed by atoms with E-state index in [-0.39, 0.29) is 17.5 Å². The van der Waals surface area contributed by atoms with Crippen LogP contribution < -0.4 is 5.32 Å². The van der Waals surface area contributed by atoms with Crippen LogP contribution in [0.25, 0.3) is 0 Å². The first kappa shape index (κ1) is 15.0. The first-order valence-electron chi connectivity index (χ1n) is 6.62. The summed E-state index contributed by atoms with van der Waals surface area (Å²) < 4.78 is 23.1. The zero-order chi connectivity index (χ0) is 13.3. The van der Waals surface area contributed by atoms with Crippen LogP contribution in [0.5, 0.6) is 0 Å². The summed E-state index contributed by atoms with van der Waals surface area (Å²) in [7, 11) is -2.87. The number of hydrogen-bond donors (Lipinski definition) is 1. The van der Waals surface area contributed by atoms with Crippen LogP contribution in [0.15, 0.2) is 0 Å². The molecule has 0 aromatic rings. The molecule has 1 fully saturated rings. The van der Waals surface area contributed by atoms with Crippen molar-refractivity contribution >= 4 is 9.84 Å². The highest BCUT2D eigenvalue weighted by Crippen LogP contribution is 2.40. The van der Waals surface area contributed by atoms with Crippen LogP contribution in [0.4, 0.5) is 0 Å². The largest absolute Gasteiger partial charge is 0.310 e. The molecule has 0 heterocycles. The van der Waals surface area contributed by atoms with E-state index in [1.807, 2.05) is 6.92 Å². The molecular weight excluding hydrogens is 234 g/mol. The predicted molar refractivity (Wildman–Crippen MR) is 72.9 cm³/mol. The minimum atomic E-state index is -2.87. The Hall–Kier alpha value is -0.0900. The van der Waals surface area contributed by atoms with E-state index in [1.165, 1.54) is 6.42 Å². The summed E-state index contributed by atoms with van der Waals surface area (Å²) in [5.74, 6) is 1.13. The van der Waals surface area contributed by atoms with E-state index in [0.29, 0.717) is 17.4 Å². The molecule has 0 aromatic carbocycles. The van der Waals surface area contributed by atoms with Gasteiger partial charge in [-0.2, -0.15) is 0 Å². The molecule has 1 saturated carbocycles. The highest BCUT2D eigenvalue weighted by atomic mass is 32.2. The van der Waals surface area contributed by atoms with Gasteiger partial charge in [0.15, 0.2) is 9.84 Å². The third kappa shape index (κ3) is 4.59. The molecule has 3 nitrogen and oxygen atoms in total. The molecule has 0 amide bonds. The van der Waals surface area contributed by atoms with Crippen molar-refractivity contribution in [2.75, 3.05) is 11.5 Å². The maximum atomic E-state index is 11.6. The smallest absolute Gasteiger partial charge is 0.151 e. The molecule has 1 aliphatic rings. The topological polar surface area (TPSA) is 46.2 Å². The van der Waals surface area contributed by atoms with Crippen LogP contribution in [0, 0.1) is 11.3 Å². The van der Waals surface area contributed by atoms with Gasteiger partial charge in [0.1, 0.15) is 0 Å². The minimum Gasteiger partial charge on any atom is -0.310 e. The summed E-state index contributed by atoms with van der Waals surface area (Å²) in [6.45, 7) is 10.5. The Balaban J connectivity index is 2.50. The molecule has 0 unspecified atom stereocenters. The molecule has 0 radical (unpaired) electrons. The van der Waals surface area contributed by atoms with E-state index in [2.05, 4.69) is 26.1 Å². The van der Waals surface area contributed by atoms with Gasteiger partial charge in [-0.25, -0.2) is 8.42 Å². The first-order chi connectivity index (χ1) is 7.65. The zero-order valence-corrected chi connectivity index (χ0v) is 12.6. The van der Waals surface area contributed by atoms with Crippen LogP contribution in [0.2, 0.25) is 0 Å². The Morgan fingerprint density at radius 1 is 1.35 bits per heavy atom. The molecule has 1 aliphatic carbocycles. The van der Waals surface area contributed by atoms with Gasteiger partial charge in [0, 0.05) is 17.8 Å². The van der Waals surface area contributed by atoms with Gasteiger partial charge in [-0.15, -0.1) is 0 Å². The second-order valence-corrected chi connectivity index (χ2v) is 8.82. The molecule has 17 heavy (non-hydrogen) atoms. The van der Waals surface area contributed by atoms with E-state index in [9.17, 15) is 8.42 Å². The van der Waals surface area contributed by atoms with Crippen LogP contribution in [-0.2, 0) is 9.84 Å². The Morgan fingerprint density at radius 3 is 2.35 bits per heavy atom. The molecule has 0 bridgehead atoms. The van der Waals surface area contributed by atoms with Crippen molar-refractivity contribution in [1.29, 1.82) is 0 Å². The van der Waals surface area contributed by atoms with Crippen molar-refractivity contribution in [2.24, 2.45) is 11.3 Å². The van der Waals surface area contributed by atoms with Gasteiger partial charge >= 0.3 is 0 Å². The predicted octanol–water partition coefficient (Wildman–Crippen LogP) is 2.22. The summed E-state index contributed by atoms with van der Waals surface area (Å²) in [5, 5.41) is 3.50. The lowest BCUT2D eigenvalue weighted by Crippen LogP contribution is -2.42. The zero-order valence-electron chi connectivity index (χ0n) is 11.8. The highest BCUT2D eigenvalue weighted by molar-refractivity contribution is 7.91. The van der Waals surface area contributed by atoms with Gasteiger partial charge in [0.2, 0.25) is 0 Å². The Morgan fingerprint density at radius 2 is 1.94 bits per heavy atom. The molecule has 1 N–H and O–H groups in total. The number of sulfone groups is 1. The molecule has 102 valence electrons. The SMILES string of the molecule is CCS(=O)(=O)C[C@H](C)N[C@H]1CC(C)(C)C[C@@H]1C. The van der Waals surface area contributed by atoms with Gasteiger partial charge in [0.25, 0.3) is 0 Å². The van der Waals surface area contributed by atoms with Gasteiger partial charge in [-0.1, -0.05) is 27.7 Å². The second-order valence-electron chi connectivity index (χ2n) is 6.42. The van der Waals surface area contributed by atoms with E-state index < -0.39 is 9.84 Å². The fraction of sp³-hybridized carbons (Fsp3) is 1.00. The fourth-order valence-electron chi connectivity index (χ4n) is 3.03. The third-order valence-electron chi connectivity index (χ3n) is 3.78. The molecule has 4 heteroatoms. The van der Waals surface area contributed by atoms with Gasteiger partial charge < -0.3 is 5.32 Å². The van der Waals surface area contributed by atoms with Gasteiger partial charge in [0.05, 0.1) is 5.75 Å². The van der Waals surface area contributed by atoms with Crippen molar-refractivity contribution in [3.8, 4) is 0 Å². The Kier molecular flexibility index (Phi) is 4.64. The molecular formula is C13H27NO2S. The molecule has 0 aliphatic heterocycles. The average Bonchev–Trinajstić information content (AvgIpc) is 2.38. The maximum Gasteiger partial charge on any atom is 0.151 e. The second kappa shape index (κ2) is 5.27. The molecule has 0 aromatic heterocycles. The lowest BCUT2D eigenvalue weighted by Gasteiger charge is -2.23. The van der Waals surface area contributed by atoms with Crippen molar-refractivity contribution in [2.45, 2.75) is 59.5 Å². The van der Waals surface area contributed by atoms with Crippen LogP contribution in [0.1, 0.15) is 47.5 Å². The molecule has 3 atom stereocenters. The van der Waals surface area contributed by atoms with E-state index in [1.54, 1.807) is 6.92 Å². The standard InChI is InChI=1S/C13H27NO2S/c1-6-17(15,16)9-11(3)14-12-8-13(4,5)7-10(12)2/h10-12,14H,6-9H2,1-5H3/t10-,11-,12-/m0/s1. The van der Waals surface area contributed by atoms with Crippen molar-refractivity contribution in [1.82, 2.24) is 5.32 Å². The monoisotopic (exact) mass is 261 g/mol. The minimum absolute atomic E-state index is 0.0568. The van der Waals surface area contributed by atoms with Gasteiger partial charge in [-0.05, 0) is 31.1 Å². The summed E-state index contributed by atoms with van der Waals surface area (Å²) >= 11 is 0. The number of hydrogen-bond acceptors (Lipinski definition) is 3. The Labute approximate surface area is 106 Å². The van der Waals surface area contributed by atoms with E-state index in [0.717, 1.165) is 6.42 Å². The number of rotatable bonds is 5.